The Balaban J connectivity index is 2.08. The number of nitrogens with one attached hydrogen (secondary N) is 1. The van der Waals surface area contributed by atoms with Crippen LogP contribution in [0.2, 0.25) is 10.0 Å². The first kappa shape index (κ1) is 19.1. The highest BCUT2D eigenvalue weighted by Crippen LogP contribution is 2.27. The number of halogens is 2. The molecule has 24 heavy (non-hydrogen) atoms. The van der Waals surface area contributed by atoms with E-state index in [-0.39, 0.29) is 10.6 Å². The minimum atomic E-state index is -3.69. The van der Waals surface area contributed by atoms with Crippen molar-refractivity contribution < 1.29 is 8.42 Å². The van der Waals surface area contributed by atoms with Gasteiger partial charge in [-0.05, 0) is 48.7 Å². The Kier molecular flexibility index (Phi) is 6.96. The highest BCUT2D eigenvalue weighted by molar-refractivity contribution is 7.92. The SMILES string of the molecule is CCCCCCc1ccc(S(=O)(=O)Nc2cc(Cl)ccc2Cl)cc1. The Bertz CT molecular complexity index is 774. The molecule has 2 aromatic rings. The van der Waals surface area contributed by atoms with Crippen molar-refractivity contribution in [2.45, 2.75) is 43.9 Å². The van der Waals surface area contributed by atoms with Crippen molar-refractivity contribution in [3.8, 4) is 0 Å². The summed E-state index contributed by atoms with van der Waals surface area (Å²) in [6.07, 6.45) is 5.72. The van der Waals surface area contributed by atoms with Gasteiger partial charge in [0.15, 0.2) is 0 Å². The van der Waals surface area contributed by atoms with Gasteiger partial charge in [-0.3, -0.25) is 4.72 Å². The summed E-state index contributed by atoms with van der Waals surface area (Å²) < 4.78 is 27.4. The molecule has 0 atom stereocenters. The van der Waals surface area contributed by atoms with Crippen LogP contribution in [-0.4, -0.2) is 8.42 Å². The van der Waals surface area contributed by atoms with Gasteiger partial charge in [-0.2, -0.15) is 0 Å². The van der Waals surface area contributed by atoms with Crippen LogP contribution in [0, 0.1) is 0 Å². The number of unbranched alkanes of at least 4 members (excludes halogenated alkanes) is 3. The van der Waals surface area contributed by atoms with Gasteiger partial charge in [0.2, 0.25) is 0 Å². The molecule has 0 aliphatic heterocycles. The summed E-state index contributed by atoms with van der Waals surface area (Å²) in [5, 5.41) is 0.718. The molecule has 2 rings (SSSR count). The Labute approximate surface area is 154 Å². The van der Waals surface area contributed by atoms with Crippen molar-refractivity contribution in [3.63, 3.8) is 0 Å². The molecule has 1 N–H and O–H groups in total. The molecule has 0 aromatic heterocycles. The third-order valence-electron chi connectivity index (χ3n) is 3.73. The van der Waals surface area contributed by atoms with Crippen LogP contribution in [0.25, 0.3) is 0 Å². The first-order valence-electron chi connectivity index (χ1n) is 7.99. The van der Waals surface area contributed by atoms with E-state index in [1.807, 2.05) is 12.1 Å². The van der Waals surface area contributed by atoms with Crippen LogP contribution in [0.1, 0.15) is 38.2 Å². The van der Waals surface area contributed by atoms with Gasteiger partial charge in [0.05, 0.1) is 15.6 Å². The lowest BCUT2D eigenvalue weighted by Crippen LogP contribution is -2.13. The molecule has 0 spiro atoms. The minimum Gasteiger partial charge on any atom is -0.278 e. The molecule has 3 nitrogen and oxygen atoms in total. The number of hydrogen-bond acceptors (Lipinski definition) is 2. The van der Waals surface area contributed by atoms with Crippen molar-refractivity contribution in [1.82, 2.24) is 0 Å². The normalized spacial score (nSPS) is 11.5. The molecule has 0 aliphatic carbocycles. The summed E-state index contributed by atoms with van der Waals surface area (Å²) >= 11 is 11.9. The van der Waals surface area contributed by atoms with E-state index in [0.29, 0.717) is 10.0 Å². The lowest BCUT2D eigenvalue weighted by atomic mass is 10.1. The summed E-state index contributed by atoms with van der Waals surface area (Å²) in [5.74, 6) is 0. The third kappa shape index (κ3) is 5.40. The second kappa shape index (κ2) is 8.75. The molecular weight excluding hydrogens is 365 g/mol. The standard InChI is InChI=1S/C18H21Cl2NO2S/c1-2-3-4-5-6-14-7-10-16(11-8-14)24(22,23)21-18-13-15(19)9-12-17(18)20/h7-13,21H,2-6H2,1H3. The molecule has 6 heteroatoms. The first-order valence-corrected chi connectivity index (χ1v) is 10.2. The van der Waals surface area contributed by atoms with Gasteiger partial charge in [-0.15, -0.1) is 0 Å². The quantitative estimate of drug-likeness (QED) is 0.573. The van der Waals surface area contributed by atoms with Crippen LogP contribution in [0.3, 0.4) is 0 Å². The maximum absolute atomic E-state index is 12.5. The molecule has 0 aliphatic rings. The highest BCUT2D eigenvalue weighted by atomic mass is 35.5. The average molecular weight is 386 g/mol. The molecule has 0 fully saturated rings. The number of rotatable bonds is 8. The number of anilines is 1. The fraction of sp³-hybridized carbons (Fsp3) is 0.333. The lowest BCUT2D eigenvalue weighted by Gasteiger charge is -2.10. The van der Waals surface area contributed by atoms with Gasteiger partial charge in [0.25, 0.3) is 10.0 Å². The van der Waals surface area contributed by atoms with Gasteiger partial charge in [-0.1, -0.05) is 61.5 Å². The zero-order chi connectivity index (χ0) is 17.6. The lowest BCUT2D eigenvalue weighted by molar-refractivity contribution is 0.601. The van der Waals surface area contributed by atoms with Gasteiger partial charge >= 0.3 is 0 Å². The summed E-state index contributed by atoms with van der Waals surface area (Å²) in [6, 6.07) is 11.6. The second-order valence-electron chi connectivity index (χ2n) is 5.68. The zero-order valence-electron chi connectivity index (χ0n) is 13.6. The fourth-order valence-corrected chi connectivity index (χ4v) is 3.83. The minimum absolute atomic E-state index is 0.204. The monoisotopic (exact) mass is 385 g/mol. The van der Waals surface area contributed by atoms with Gasteiger partial charge in [0.1, 0.15) is 0 Å². The van der Waals surface area contributed by atoms with Crippen LogP contribution >= 0.6 is 23.2 Å². The number of benzene rings is 2. The number of aryl methyl sites for hydroxylation is 1. The van der Waals surface area contributed by atoms with Crippen LogP contribution in [0.5, 0.6) is 0 Å². The Morgan fingerprint density at radius 2 is 1.67 bits per heavy atom. The van der Waals surface area contributed by atoms with Crippen molar-refractivity contribution in [2.75, 3.05) is 4.72 Å². The summed E-state index contributed by atoms with van der Waals surface area (Å²) in [5.41, 5.74) is 1.42. The maximum Gasteiger partial charge on any atom is 0.261 e. The Morgan fingerprint density at radius 3 is 2.33 bits per heavy atom. The molecule has 0 amide bonds. The van der Waals surface area contributed by atoms with E-state index in [1.165, 1.54) is 25.3 Å². The van der Waals surface area contributed by atoms with Gasteiger partial charge in [-0.25, -0.2) is 8.42 Å². The maximum atomic E-state index is 12.5. The van der Waals surface area contributed by atoms with E-state index in [2.05, 4.69) is 11.6 Å². The van der Waals surface area contributed by atoms with Crippen molar-refractivity contribution in [2.24, 2.45) is 0 Å². The topological polar surface area (TPSA) is 46.2 Å². The van der Waals surface area contributed by atoms with E-state index >= 15 is 0 Å². The van der Waals surface area contributed by atoms with E-state index in [4.69, 9.17) is 23.2 Å². The smallest absolute Gasteiger partial charge is 0.261 e. The van der Waals surface area contributed by atoms with E-state index in [9.17, 15) is 8.42 Å². The molecule has 2 aromatic carbocycles. The van der Waals surface area contributed by atoms with Crippen molar-refractivity contribution in [1.29, 1.82) is 0 Å². The van der Waals surface area contributed by atoms with Gasteiger partial charge < -0.3 is 0 Å². The molecule has 130 valence electrons. The molecule has 0 saturated heterocycles. The van der Waals surface area contributed by atoms with E-state index in [0.717, 1.165) is 18.4 Å². The van der Waals surface area contributed by atoms with Crippen molar-refractivity contribution in [3.05, 3.63) is 58.1 Å². The first-order chi connectivity index (χ1) is 11.4. The third-order valence-corrected chi connectivity index (χ3v) is 5.67. The fourth-order valence-electron chi connectivity index (χ4n) is 2.37. The molecule has 0 heterocycles. The average Bonchev–Trinajstić information content (AvgIpc) is 2.55. The largest absolute Gasteiger partial charge is 0.278 e. The zero-order valence-corrected chi connectivity index (χ0v) is 15.9. The summed E-state index contributed by atoms with van der Waals surface area (Å²) in [4.78, 5) is 0.204. The number of hydrogen-bond donors (Lipinski definition) is 1. The highest BCUT2D eigenvalue weighted by Gasteiger charge is 2.16. The Morgan fingerprint density at radius 1 is 0.958 bits per heavy atom. The molecule has 0 unspecified atom stereocenters. The predicted molar refractivity (Wildman–Crippen MR) is 102 cm³/mol. The van der Waals surface area contributed by atoms with Gasteiger partial charge in [0, 0.05) is 5.02 Å². The van der Waals surface area contributed by atoms with Crippen LogP contribution in [0.15, 0.2) is 47.4 Å². The molecule has 0 bridgehead atoms. The van der Waals surface area contributed by atoms with Crippen LogP contribution in [0.4, 0.5) is 5.69 Å². The molecular formula is C18H21Cl2NO2S. The van der Waals surface area contributed by atoms with Crippen LogP contribution < -0.4 is 4.72 Å². The predicted octanol–water partition coefficient (Wildman–Crippen LogP) is 5.92. The second-order valence-corrected chi connectivity index (χ2v) is 8.21. The molecule has 0 radical (unpaired) electrons. The summed E-state index contributed by atoms with van der Waals surface area (Å²) in [6.45, 7) is 2.18. The van der Waals surface area contributed by atoms with E-state index < -0.39 is 10.0 Å². The Hall–Kier alpha value is -1.23. The van der Waals surface area contributed by atoms with Crippen molar-refractivity contribution >= 4 is 38.9 Å². The van der Waals surface area contributed by atoms with E-state index in [1.54, 1.807) is 24.3 Å². The number of sulfonamides is 1. The summed E-state index contributed by atoms with van der Waals surface area (Å²) in [7, 11) is -3.69. The van der Waals surface area contributed by atoms with Crippen LogP contribution in [-0.2, 0) is 16.4 Å². The molecule has 0 saturated carbocycles.